The predicted octanol–water partition coefficient (Wildman–Crippen LogP) is 3.10. The summed E-state index contributed by atoms with van der Waals surface area (Å²) in [6, 6.07) is 16.6. The molecule has 3 rings (SSSR count). The number of nitrogens with one attached hydrogen (secondary N) is 1. The van der Waals surface area contributed by atoms with E-state index >= 15 is 0 Å². The van der Waals surface area contributed by atoms with Gasteiger partial charge in [0.2, 0.25) is 5.91 Å². The van der Waals surface area contributed by atoms with Gasteiger partial charge in [-0.15, -0.1) is 0 Å². The Hall–Kier alpha value is -3.76. The fourth-order valence-corrected chi connectivity index (χ4v) is 4.94. The number of benzene rings is 2. The predicted molar refractivity (Wildman–Crippen MR) is 148 cm³/mol. The first kappa shape index (κ1) is 30.8. The van der Waals surface area contributed by atoms with Gasteiger partial charge in [-0.3, -0.25) is 14.5 Å². The molecule has 1 fully saturated rings. The highest BCUT2D eigenvalue weighted by Gasteiger charge is 2.54. The molecule has 216 valence electrons. The minimum atomic E-state index is -1.70. The minimum absolute atomic E-state index is 0.0185. The lowest BCUT2D eigenvalue weighted by Crippen LogP contribution is -2.62. The van der Waals surface area contributed by atoms with E-state index in [1.165, 1.54) is 23.8 Å². The van der Waals surface area contributed by atoms with Gasteiger partial charge in [0.05, 0.1) is 19.3 Å². The molecular weight excluding hydrogens is 514 g/mol. The lowest BCUT2D eigenvalue weighted by atomic mass is 9.86. The van der Waals surface area contributed by atoms with Gasteiger partial charge < -0.3 is 24.8 Å². The fourth-order valence-electron chi connectivity index (χ4n) is 4.94. The van der Waals surface area contributed by atoms with Crippen LogP contribution in [0.3, 0.4) is 0 Å². The molecular formula is C30H39N3O7. The molecule has 40 heavy (non-hydrogen) atoms. The molecule has 4 atom stereocenters. The Morgan fingerprint density at radius 1 is 1.00 bits per heavy atom. The van der Waals surface area contributed by atoms with Crippen molar-refractivity contribution in [3.8, 4) is 0 Å². The molecule has 0 saturated carbocycles. The fraction of sp³-hybridized carbons (Fsp3) is 0.467. The van der Waals surface area contributed by atoms with Crippen LogP contribution in [0.1, 0.15) is 37.8 Å². The van der Waals surface area contributed by atoms with Crippen LogP contribution in [0, 0.1) is 5.92 Å². The monoisotopic (exact) mass is 553 g/mol. The Balaban J connectivity index is 1.73. The van der Waals surface area contributed by atoms with E-state index in [1.807, 2.05) is 60.7 Å². The van der Waals surface area contributed by atoms with Gasteiger partial charge >= 0.3 is 12.1 Å². The van der Waals surface area contributed by atoms with Crippen LogP contribution in [0.2, 0.25) is 0 Å². The van der Waals surface area contributed by atoms with E-state index in [9.17, 15) is 24.3 Å². The molecule has 1 aliphatic heterocycles. The Morgan fingerprint density at radius 2 is 1.57 bits per heavy atom. The number of aliphatic carboxylic acids is 1. The topological polar surface area (TPSA) is 125 Å². The second-order valence-corrected chi connectivity index (χ2v) is 10.3. The van der Waals surface area contributed by atoms with Crippen LogP contribution in [-0.4, -0.2) is 83.5 Å². The van der Waals surface area contributed by atoms with Gasteiger partial charge in [-0.05, 0) is 44.5 Å². The van der Waals surface area contributed by atoms with E-state index in [0.717, 1.165) is 11.1 Å². The lowest BCUT2D eigenvalue weighted by Gasteiger charge is -2.37. The summed E-state index contributed by atoms with van der Waals surface area (Å²) in [4.78, 5) is 55.0. The van der Waals surface area contributed by atoms with Crippen molar-refractivity contribution in [1.82, 2.24) is 15.1 Å². The van der Waals surface area contributed by atoms with Gasteiger partial charge in [0.1, 0.15) is 12.6 Å². The van der Waals surface area contributed by atoms with Crippen molar-refractivity contribution in [2.45, 2.75) is 57.5 Å². The maximum Gasteiger partial charge on any atom is 0.408 e. The van der Waals surface area contributed by atoms with Crippen molar-refractivity contribution in [3.63, 3.8) is 0 Å². The van der Waals surface area contributed by atoms with Gasteiger partial charge in [0.25, 0.3) is 0 Å². The summed E-state index contributed by atoms with van der Waals surface area (Å²) in [7, 11) is 3.05. The van der Waals surface area contributed by atoms with Crippen molar-refractivity contribution in [2.75, 3.05) is 27.2 Å². The molecule has 2 N–H and O–H groups in total. The van der Waals surface area contributed by atoms with E-state index in [2.05, 4.69) is 5.32 Å². The number of alkyl carbamates (subject to hydrolysis) is 1. The molecule has 1 aliphatic rings. The Kier molecular flexibility index (Phi) is 10.8. The number of rotatable bonds is 13. The number of carbonyl (C=O) groups is 4. The highest BCUT2D eigenvalue weighted by atomic mass is 16.5. The molecule has 1 unspecified atom stereocenters. The van der Waals surface area contributed by atoms with Crippen molar-refractivity contribution in [2.24, 2.45) is 5.92 Å². The van der Waals surface area contributed by atoms with Crippen molar-refractivity contribution in [1.29, 1.82) is 0 Å². The van der Waals surface area contributed by atoms with Crippen LogP contribution < -0.4 is 5.32 Å². The second-order valence-electron chi connectivity index (χ2n) is 10.3. The number of carboxylic acid groups (broad SMARTS) is 1. The third-order valence-electron chi connectivity index (χ3n) is 7.57. The normalized spacial score (nSPS) is 19.3. The van der Waals surface area contributed by atoms with Crippen molar-refractivity contribution in [3.05, 3.63) is 71.8 Å². The van der Waals surface area contributed by atoms with Gasteiger partial charge in [-0.2, -0.15) is 0 Å². The molecule has 0 bridgehead atoms. The van der Waals surface area contributed by atoms with Crippen LogP contribution in [-0.2, 0) is 37.1 Å². The molecule has 0 radical (unpaired) electrons. The third-order valence-corrected chi connectivity index (χ3v) is 7.57. The average Bonchev–Trinajstić information content (AvgIpc) is 3.36. The number of likely N-dealkylation sites (tertiary alicyclic amines) is 1. The SMILES string of the molecule is CC(COCc1ccccc1)[C@H](NC(=O)OCc1ccccc1)C(=O)N(C)[C@@H](C)C(=O)[C@@]1(C(=O)O)CCCN1C. The molecule has 1 saturated heterocycles. The van der Waals surface area contributed by atoms with Crippen LogP contribution in [0.15, 0.2) is 60.7 Å². The summed E-state index contributed by atoms with van der Waals surface area (Å²) in [6.45, 7) is 4.22. The number of carbonyl (C=O) groups excluding carboxylic acids is 3. The third kappa shape index (κ3) is 7.25. The zero-order chi connectivity index (χ0) is 29.3. The maximum absolute atomic E-state index is 13.7. The van der Waals surface area contributed by atoms with Gasteiger partial charge in [0, 0.05) is 13.0 Å². The quantitative estimate of drug-likeness (QED) is 0.363. The first-order valence-electron chi connectivity index (χ1n) is 13.4. The molecule has 10 nitrogen and oxygen atoms in total. The average molecular weight is 554 g/mol. The zero-order valence-electron chi connectivity index (χ0n) is 23.5. The number of carboxylic acids is 1. The van der Waals surface area contributed by atoms with Crippen LogP contribution >= 0.6 is 0 Å². The highest BCUT2D eigenvalue weighted by molar-refractivity contribution is 6.11. The van der Waals surface area contributed by atoms with E-state index < -0.39 is 47.3 Å². The van der Waals surface area contributed by atoms with Gasteiger partial charge in [-0.1, -0.05) is 67.6 Å². The van der Waals surface area contributed by atoms with Crippen LogP contribution in [0.5, 0.6) is 0 Å². The first-order chi connectivity index (χ1) is 19.1. The van der Waals surface area contributed by atoms with Gasteiger partial charge in [-0.25, -0.2) is 9.59 Å². The van der Waals surface area contributed by atoms with E-state index in [1.54, 1.807) is 14.0 Å². The summed E-state index contributed by atoms with van der Waals surface area (Å²) < 4.78 is 11.2. The number of Topliss-reactive ketones (excluding diaryl/α,β-unsaturated/α-hetero) is 1. The largest absolute Gasteiger partial charge is 0.480 e. The molecule has 1 heterocycles. The first-order valence-corrected chi connectivity index (χ1v) is 13.4. The molecule has 2 aromatic rings. The lowest BCUT2D eigenvalue weighted by molar-refractivity contribution is -0.158. The Morgan fingerprint density at radius 3 is 2.10 bits per heavy atom. The standard InChI is InChI=1S/C30H39N3O7/c1-21(18-39-19-23-12-7-5-8-13-23)25(31-29(38)40-20-24-14-9-6-10-15-24)27(35)33(4)22(2)26(34)30(28(36)37)16-11-17-32(30)3/h5-10,12-15,21-22,25H,11,16-20H2,1-4H3,(H,31,38)(H,36,37)/t21?,22-,25-,30+/m0/s1. The molecule has 2 amide bonds. The minimum Gasteiger partial charge on any atom is -0.480 e. The van der Waals surface area contributed by atoms with Crippen LogP contribution in [0.25, 0.3) is 0 Å². The number of ether oxygens (including phenoxy) is 2. The van der Waals surface area contributed by atoms with E-state index in [-0.39, 0.29) is 19.6 Å². The molecule has 0 spiro atoms. The van der Waals surface area contributed by atoms with Gasteiger partial charge in [0.15, 0.2) is 11.3 Å². The summed E-state index contributed by atoms with van der Waals surface area (Å²) in [5, 5.41) is 12.6. The zero-order valence-corrected chi connectivity index (χ0v) is 23.5. The number of ketones is 1. The molecule has 2 aromatic carbocycles. The molecule has 0 aromatic heterocycles. The van der Waals surface area contributed by atoms with Crippen molar-refractivity contribution >= 4 is 23.8 Å². The number of hydrogen-bond donors (Lipinski definition) is 2. The summed E-state index contributed by atoms with van der Waals surface area (Å²) in [5.74, 6) is -2.84. The van der Waals surface area contributed by atoms with Crippen LogP contribution in [0.4, 0.5) is 4.79 Å². The second kappa shape index (κ2) is 14.0. The smallest absolute Gasteiger partial charge is 0.408 e. The molecule has 0 aliphatic carbocycles. The Bertz CT molecular complexity index is 1160. The van der Waals surface area contributed by atoms with E-state index in [4.69, 9.17) is 9.47 Å². The number of hydrogen-bond acceptors (Lipinski definition) is 7. The highest BCUT2D eigenvalue weighted by Crippen LogP contribution is 2.31. The summed E-state index contributed by atoms with van der Waals surface area (Å²) >= 11 is 0. The summed E-state index contributed by atoms with van der Waals surface area (Å²) in [5.41, 5.74) is 0.0511. The van der Waals surface area contributed by atoms with Crippen molar-refractivity contribution < 1.29 is 33.8 Å². The number of amides is 2. The van der Waals surface area contributed by atoms with E-state index in [0.29, 0.717) is 19.6 Å². The number of nitrogens with zero attached hydrogens (tertiary/aromatic N) is 2. The molecule has 10 heteroatoms. The Labute approximate surface area is 235 Å². The number of likely N-dealkylation sites (N-methyl/N-ethyl adjacent to an activating group) is 2. The summed E-state index contributed by atoms with van der Waals surface area (Å²) in [6.07, 6.45) is -0.0602. The maximum atomic E-state index is 13.7.